The SMILES string of the molecule is CCCCCN(CCCCc1nc(CCl)cs1)C(C)C. The number of alkyl halides is 1. The van der Waals surface area contributed by atoms with Gasteiger partial charge >= 0.3 is 0 Å². The van der Waals surface area contributed by atoms with Crippen molar-refractivity contribution in [3.63, 3.8) is 0 Å². The Hall–Kier alpha value is -0.120. The first kappa shape index (κ1) is 17.9. The lowest BCUT2D eigenvalue weighted by Crippen LogP contribution is -2.32. The second-order valence-electron chi connectivity index (χ2n) is 5.66. The van der Waals surface area contributed by atoms with E-state index in [0.29, 0.717) is 11.9 Å². The van der Waals surface area contributed by atoms with Crippen molar-refractivity contribution in [1.29, 1.82) is 0 Å². The molecular formula is C16H29ClN2S. The summed E-state index contributed by atoms with van der Waals surface area (Å²) in [7, 11) is 0. The zero-order chi connectivity index (χ0) is 14.8. The zero-order valence-corrected chi connectivity index (χ0v) is 14.8. The molecule has 0 unspecified atom stereocenters. The van der Waals surface area contributed by atoms with Gasteiger partial charge in [-0.05, 0) is 52.6 Å². The van der Waals surface area contributed by atoms with E-state index in [1.165, 1.54) is 50.2 Å². The van der Waals surface area contributed by atoms with Crippen molar-refractivity contribution >= 4 is 22.9 Å². The van der Waals surface area contributed by atoms with Crippen LogP contribution in [-0.2, 0) is 12.3 Å². The minimum Gasteiger partial charge on any atom is -0.301 e. The van der Waals surface area contributed by atoms with Crippen molar-refractivity contribution in [2.24, 2.45) is 0 Å². The Morgan fingerprint density at radius 1 is 1.20 bits per heavy atom. The molecule has 0 saturated heterocycles. The normalized spacial score (nSPS) is 11.7. The minimum absolute atomic E-state index is 0.537. The molecule has 1 aromatic rings. The van der Waals surface area contributed by atoms with Gasteiger partial charge in [0.1, 0.15) is 0 Å². The van der Waals surface area contributed by atoms with Crippen LogP contribution in [0, 0.1) is 0 Å². The molecule has 1 heterocycles. The molecule has 0 bridgehead atoms. The van der Waals surface area contributed by atoms with E-state index in [0.717, 1.165) is 12.1 Å². The summed E-state index contributed by atoms with van der Waals surface area (Å²) in [6.45, 7) is 9.34. The van der Waals surface area contributed by atoms with Crippen molar-refractivity contribution in [2.75, 3.05) is 13.1 Å². The number of halogens is 1. The molecule has 0 fully saturated rings. The summed E-state index contributed by atoms with van der Waals surface area (Å²) >= 11 is 7.52. The Bertz CT molecular complexity index is 352. The number of nitrogens with zero attached hydrogens (tertiary/aromatic N) is 2. The van der Waals surface area contributed by atoms with E-state index in [-0.39, 0.29) is 0 Å². The smallest absolute Gasteiger partial charge is 0.0928 e. The fraction of sp³-hybridized carbons (Fsp3) is 0.812. The highest BCUT2D eigenvalue weighted by molar-refractivity contribution is 7.09. The molecule has 0 aliphatic heterocycles. The molecule has 0 amide bonds. The highest BCUT2D eigenvalue weighted by atomic mass is 35.5. The van der Waals surface area contributed by atoms with Crippen LogP contribution < -0.4 is 0 Å². The van der Waals surface area contributed by atoms with Crippen LogP contribution >= 0.6 is 22.9 Å². The van der Waals surface area contributed by atoms with Gasteiger partial charge in [-0.1, -0.05) is 19.8 Å². The van der Waals surface area contributed by atoms with Crippen molar-refractivity contribution in [3.05, 3.63) is 16.1 Å². The lowest BCUT2D eigenvalue weighted by Gasteiger charge is -2.26. The quantitative estimate of drug-likeness (QED) is 0.417. The molecule has 1 aromatic heterocycles. The molecule has 1 rings (SSSR count). The number of rotatable bonds is 11. The van der Waals surface area contributed by atoms with Gasteiger partial charge < -0.3 is 4.90 Å². The monoisotopic (exact) mass is 316 g/mol. The first-order chi connectivity index (χ1) is 9.67. The lowest BCUT2D eigenvalue weighted by atomic mass is 10.2. The van der Waals surface area contributed by atoms with Crippen molar-refractivity contribution in [1.82, 2.24) is 9.88 Å². The average Bonchev–Trinajstić information content (AvgIpc) is 2.89. The Balaban J connectivity index is 2.19. The Kier molecular flexibility index (Phi) is 9.49. The number of hydrogen-bond acceptors (Lipinski definition) is 3. The van der Waals surface area contributed by atoms with Crippen molar-refractivity contribution < 1.29 is 0 Å². The molecular weight excluding hydrogens is 288 g/mol. The van der Waals surface area contributed by atoms with Gasteiger partial charge in [0.05, 0.1) is 16.6 Å². The maximum Gasteiger partial charge on any atom is 0.0928 e. The summed E-state index contributed by atoms with van der Waals surface area (Å²) in [5.74, 6) is 0.537. The largest absolute Gasteiger partial charge is 0.301 e. The van der Waals surface area contributed by atoms with Gasteiger partial charge in [-0.3, -0.25) is 0 Å². The highest BCUT2D eigenvalue weighted by Crippen LogP contribution is 2.14. The third-order valence-corrected chi connectivity index (χ3v) is 4.83. The van der Waals surface area contributed by atoms with Crippen LogP contribution in [0.3, 0.4) is 0 Å². The summed E-state index contributed by atoms with van der Waals surface area (Å²) in [6.07, 6.45) is 7.58. The average molecular weight is 317 g/mol. The molecule has 116 valence electrons. The molecule has 0 radical (unpaired) electrons. The van der Waals surface area contributed by atoms with Crippen LogP contribution in [0.4, 0.5) is 0 Å². The first-order valence-corrected chi connectivity index (χ1v) is 9.32. The molecule has 0 aliphatic carbocycles. The third-order valence-electron chi connectivity index (χ3n) is 3.60. The van der Waals surface area contributed by atoms with Gasteiger partial charge in [0, 0.05) is 11.4 Å². The number of unbranched alkanes of at least 4 members (excludes halogenated alkanes) is 3. The summed E-state index contributed by atoms with van der Waals surface area (Å²) in [5.41, 5.74) is 1.02. The van der Waals surface area contributed by atoms with Crippen LogP contribution in [0.1, 0.15) is 63.6 Å². The van der Waals surface area contributed by atoms with Gasteiger partial charge in [-0.2, -0.15) is 0 Å². The fourth-order valence-electron chi connectivity index (χ4n) is 2.31. The van der Waals surface area contributed by atoms with Crippen LogP contribution in [-0.4, -0.2) is 29.0 Å². The van der Waals surface area contributed by atoms with E-state index in [2.05, 4.69) is 36.0 Å². The predicted molar refractivity (Wildman–Crippen MR) is 90.8 cm³/mol. The minimum atomic E-state index is 0.537. The maximum atomic E-state index is 5.78. The van der Waals surface area contributed by atoms with Gasteiger partial charge in [-0.25, -0.2) is 4.98 Å². The highest BCUT2D eigenvalue weighted by Gasteiger charge is 2.08. The third kappa shape index (κ3) is 7.05. The molecule has 0 spiro atoms. The van der Waals surface area contributed by atoms with Crippen LogP contribution in [0.15, 0.2) is 5.38 Å². The first-order valence-electron chi connectivity index (χ1n) is 7.90. The van der Waals surface area contributed by atoms with Gasteiger partial charge in [0.15, 0.2) is 0 Å². The number of aryl methyl sites for hydroxylation is 1. The zero-order valence-electron chi connectivity index (χ0n) is 13.2. The van der Waals surface area contributed by atoms with Crippen LogP contribution in [0.25, 0.3) is 0 Å². The molecule has 20 heavy (non-hydrogen) atoms. The fourth-order valence-corrected chi connectivity index (χ4v) is 3.38. The van der Waals surface area contributed by atoms with E-state index in [1.54, 1.807) is 11.3 Å². The van der Waals surface area contributed by atoms with Gasteiger partial charge in [-0.15, -0.1) is 22.9 Å². The summed E-state index contributed by atoms with van der Waals surface area (Å²) in [5, 5.41) is 3.32. The summed E-state index contributed by atoms with van der Waals surface area (Å²) in [4.78, 5) is 7.13. The van der Waals surface area contributed by atoms with E-state index in [1.807, 2.05) is 0 Å². The summed E-state index contributed by atoms with van der Waals surface area (Å²) in [6, 6.07) is 0.662. The molecule has 0 N–H and O–H groups in total. The van der Waals surface area contributed by atoms with Crippen LogP contribution in [0.2, 0.25) is 0 Å². The lowest BCUT2D eigenvalue weighted by molar-refractivity contribution is 0.213. The van der Waals surface area contributed by atoms with Crippen molar-refractivity contribution in [2.45, 2.75) is 71.2 Å². The molecule has 0 aromatic carbocycles. The molecule has 2 nitrogen and oxygen atoms in total. The van der Waals surface area contributed by atoms with E-state index < -0.39 is 0 Å². The van der Waals surface area contributed by atoms with E-state index in [9.17, 15) is 0 Å². The molecule has 0 atom stereocenters. The van der Waals surface area contributed by atoms with Gasteiger partial charge in [0.2, 0.25) is 0 Å². The van der Waals surface area contributed by atoms with E-state index in [4.69, 9.17) is 11.6 Å². The molecule has 0 saturated carbocycles. The summed E-state index contributed by atoms with van der Waals surface area (Å²) < 4.78 is 0. The van der Waals surface area contributed by atoms with Crippen LogP contribution in [0.5, 0.6) is 0 Å². The number of aromatic nitrogens is 1. The standard InChI is InChI=1S/C16H29ClN2S/c1-4-5-7-10-19(14(2)3)11-8-6-9-16-18-15(12-17)13-20-16/h13-14H,4-12H2,1-3H3. The topological polar surface area (TPSA) is 16.1 Å². The van der Waals surface area contributed by atoms with E-state index >= 15 is 0 Å². The Labute approximate surface area is 133 Å². The second kappa shape index (κ2) is 10.6. The maximum absolute atomic E-state index is 5.78. The Morgan fingerprint density at radius 2 is 1.90 bits per heavy atom. The van der Waals surface area contributed by atoms with Gasteiger partial charge in [0.25, 0.3) is 0 Å². The molecule has 4 heteroatoms. The molecule has 0 aliphatic rings. The van der Waals surface area contributed by atoms with Crippen molar-refractivity contribution in [3.8, 4) is 0 Å². The Morgan fingerprint density at radius 3 is 2.45 bits per heavy atom. The predicted octanol–water partition coefficient (Wildman–Crippen LogP) is 5.11. The second-order valence-corrected chi connectivity index (χ2v) is 6.87. The number of thiazole rings is 1. The number of hydrogen-bond donors (Lipinski definition) is 0.